The summed E-state index contributed by atoms with van der Waals surface area (Å²) in [5.41, 5.74) is 0.580. The lowest BCUT2D eigenvalue weighted by atomic mass is 10.1. The van der Waals surface area contributed by atoms with Crippen LogP contribution in [-0.4, -0.2) is 26.2 Å². The van der Waals surface area contributed by atoms with Gasteiger partial charge in [0.25, 0.3) is 0 Å². The molecular weight excluding hydrogens is 362 g/mol. The smallest absolute Gasteiger partial charge is 0.245 e. The van der Waals surface area contributed by atoms with E-state index in [0.29, 0.717) is 11.4 Å². The number of hydrogen-bond acceptors (Lipinski definition) is 4. The van der Waals surface area contributed by atoms with Crippen LogP contribution in [0.3, 0.4) is 0 Å². The Hall–Kier alpha value is -2.86. The number of carbonyl (C=O) groups is 1. The number of benzene rings is 3. The summed E-state index contributed by atoms with van der Waals surface area (Å²) in [6, 6.07) is 19.1. The number of fused-ring (bicyclic) bond motifs is 1. The van der Waals surface area contributed by atoms with Crippen molar-refractivity contribution in [1.82, 2.24) is 0 Å². The molecule has 0 bridgehead atoms. The molecular formula is C21H21NO4S. The van der Waals surface area contributed by atoms with Crippen LogP contribution in [0.5, 0.6) is 5.75 Å². The molecule has 0 aliphatic carbocycles. The van der Waals surface area contributed by atoms with Gasteiger partial charge in [0.2, 0.25) is 5.91 Å². The molecule has 0 atom stereocenters. The maximum atomic E-state index is 13.0. The van der Waals surface area contributed by atoms with Crippen molar-refractivity contribution in [2.24, 2.45) is 0 Å². The molecule has 140 valence electrons. The average molecular weight is 383 g/mol. The lowest BCUT2D eigenvalue weighted by Crippen LogP contribution is -2.44. The molecule has 0 saturated heterocycles. The van der Waals surface area contributed by atoms with Gasteiger partial charge in [0.05, 0.1) is 12.0 Å². The predicted octanol–water partition coefficient (Wildman–Crippen LogP) is 4.04. The molecule has 3 rings (SSSR count). The van der Waals surface area contributed by atoms with Crippen LogP contribution in [0.15, 0.2) is 71.6 Å². The predicted molar refractivity (Wildman–Crippen MR) is 107 cm³/mol. The van der Waals surface area contributed by atoms with Crippen molar-refractivity contribution in [3.8, 4) is 5.75 Å². The first-order chi connectivity index (χ1) is 12.8. The first kappa shape index (κ1) is 18.9. The minimum atomic E-state index is -3.90. The normalized spacial score (nSPS) is 12.0. The van der Waals surface area contributed by atoms with Crippen LogP contribution >= 0.6 is 0 Å². The van der Waals surface area contributed by atoms with Gasteiger partial charge in [0, 0.05) is 11.1 Å². The van der Waals surface area contributed by atoms with E-state index in [2.05, 4.69) is 5.32 Å². The van der Waals surface area contributed by atoms with Crippen molar-refractivity contribution >= 4 is 32.2 Å². The molecule has 1 amide bonds. The van der Waals surface area contributed by atoms with Crippen molar-refractivity contribution in [2.75, 3.05) is 12.4 Å². The second-order valence-electron chi connectivity index (χ2n) is 6.67. The minimum absolute atomic E-state index is 0.0707. The summed E-state index contributed by atoms with van der Waals surface area (Å²) in [5, 5.41) is 4.60. The highest BCUT2D eigenvalue weighted by Crippen LogP contribution is 2.30. The third-order valence-corrected chi connectivity index (χ3v) is 7.05. The number of carbonyl (C=O) groups excluding carboxylic acids is 1. The number of ether oxygens (including phenoxy) is 1. The van der Waals surface area contributed by atoms with E-state index in [0.717, 1.165) is 10.8 Å². The second kappa shape index (κ2) is 7.04. The number of rotatable bonds is 5. The van der Waals surface area contributed by atoms with Crippen LogP contribution < -0.4 is 10.1 Å². The first-order valence-corrected chi connectivity index (χ1v) is 9.93. The SMILES string of the molecule is COc1ccc(S(=O)(=O)C(C)(C)C(=O)Nc2cccc3ccccc23)cc1. The van der Waals surface area contributed by atoms with Gasteiger partial charge in [-0.25, -0.2) is 8.42 Å². The number of amides is 1. The Bertz CT molecular complexity index is 1080. The lowest BCUT2D eigenvalue weighted by molar-refractivity contribution is -0.117. The molecule has 1 N–H and O–H groups in total. The van der Waals surface area contributed by atoms with Crippen LogP contribution in [0, 0.1) is 0 Å². The molecule has 0 aliphatic heterocycles. The standard InChI is InChI=1S/C21H21NO4S/c1-21(2,27(24,25)17-13-11-16(26-3)12-14-17)20(23)22-19-10-6-8-15-7-4-5-9-18(15)19/h4-14H,1-3H3,(H,22,23). The van der Waals surface area contributed by atoms with Crippen molar-refractivity contribution < 1.29 is 17.9 Å². The van der Waals surface area contributed by atoms with E-state index in [1.165, 1.54) is 33.1 Å². The summed E-state index contributed by atoms with van der Waals surface area (Å²) in [4.78, 5) is 13.0. The topological polar surface area (TPSA) is 72.5 Å². The van der Waals surface area contributed by atoms with E-state index >= 15 is 0 Å². The van der Waals surface area contributed by atoms with E-state index in [1.54, 1.807) is 18.2 Å². The zero-order valence-electron chi connectivity index (χ0n) is 15.4. The fraction of sp³-hybridized carbons (Fsp3) is 0.190. The largest absolute Gasteiger partial charge is 0.497 e. The van der Waals surface area contributed by atoms with Gasteiger partial charge in [-0.3, -0.25) is 4.79 Å². The molecule has 0 aliphatic rings. The Morgan fingerprint density at radius 3 is 2.22 bits per heavy atom. The molecule has 5 nitrogen and oxygen atoms in total. The highest BCUT2D eigenvalue weighted by atomic mass is 32.2. The van der Waals surface area contributed by atoms with E-state index in [4.69, 9.17) is 4.74 Å². The van der Waals surface area contributed by atoms with E-state index in [9.17, 15) is 13.2 Å². The summed E-state index contributed by atoms with van der Waals surface area (Å²) in [6.45, 7) is 2.82. The molecule has 0 aromatic heterocycles. The molecule has 0 radical (unpaired) electrons. The summed E-state index contributed by atoms with van der Waals surface area (Å²) in [6.07, 6.45) is 0. The van der Waals surface area contributed by atoms with Crippen molar-refractivity contribution in [2.45, 2.75) is 23.5 Å². The summed E-state index contributed by atoms with van der Waals surface area (Å²) in [5.74, 6) is -0.0402. The maximum Gasteiger partial charge on any atom is 0.245 e. The van der Waals surface area contributed by atoms with Gasteiger partial charge in [0.1, 0.15) is 10.5 Å². The molecule has 3 aromatic rings. The highest BCUT2D eigenvalue weighted by molar-refractivity contribution is 7.93. The molecule has 0 saturated carbocycles. The molecule has 0 spiro atoms. The number of methoxy groups -OCH3 is 1. The summed E-state index contributed by atoms with van der Waals surface area (Å²) in [7, 11) is -2.40. The molecule has 3 aromatic carbocycles. The highest BCUT2D eigenvalue weighted by Gasteiger charge is 2.43. The first-order valence-electron chi connectivity index (χ1n) is 8.45. The zero-order valence-corrected chi connectivity index (χ0v) is 16.2. The van der Waals surface area contributed by atoms with E-state index in [1.807, 2.05) is 36.4 Å². The Morgan fingerprint density at radius 1 is 0.926 bits per heavy atom. The van der Waals surface area contributed by atoms with Gasteiger partial charge in [-0.05, 0) is 49.6 Å². The third-order valence-electron chi connectivity index (χ3n) is 4.63. The zero-order chi connectivity index (χ0) is 19.7. The van der Waals surface area contributed by atoms with Gasteiger partial charge in [-0.2, -0.15) is 0 Å². The molecule has 0 unspecified atom stereocenters. The van der Waals surface area contributed by atoms with Crippen LogP contribution in [0.4, 0.5) is 5.69 Å². The molecule has 0 heterocycles. The van der Waals surface area contributed by atoms with Gasteiger partial charge in [-0.1, -0.05) is 36.4 Å². The number of sulfone groups is 1. The Morgan fingerprint density at radius 2 is 1.56 bits per heavy atom. The third kappa shape index (κ3) is 3.40. The van der Waals surface area contributed by atoms with Crippen molar-refractivity contribution in [3.63, 3.8) is 0 Å². The Balaban J connectivity index is 1.94. The molecule has 6 heteroatoms. The van der Waals surface area contributed by atoms with Gasteiger partial charge in [-0.15, -0.1) is 0 Å². The fourth-order valence-electron chi connectivity index (χ4n) is 2.78. The maximum absolute atomic E-state index is 13.0. The van der Waals surface area contributed by atoms with E-state index < -0.39 is 20.5 Å². The average Bonchev–Trinajstić information content (AvgIpc) is 2.68. The van der Waals surface area contributed by atoms with E-state index in [-0.39, 0.29) is 4.90 Å². The van der Waals surface area contributed by atoms with Crippen LogP contribution in [-0.2, 0) is 14.6 Å². The minimum Gasteiger partial charge on any atom is -0.497 e. The van der Waals surface area contributed by atoms with Gasteiger partial charge < -0.3 is 10.1 Å². The number of hydrogen-bond donors (Lipinski definition) is 1. The van der Waals surface area contributed by atoms with Crippen molar-refractivity contribution in [3.05, 3.63) is 66.7 Å². The summed E-state index contributed by atoms with van der Waals surface area (Å²) < 4.78 is 29.5. The Kier molecular flexibility index (Phi) is 4.93. The Labute approximate surface area is 158 Å². The monoisotopic (exact) mass is 383 g/mol. The second-order valence-corrected chi connectivity index (χ2v) is 9.17. The quantitative estimate of drug-likeness (QED) is 0.722. The van der Waals surface area contributed by atoms with Gasteiger partial charge >= 0.3 is 0 Å². The summed E-state index contributed by atoms with van der Waals surface area (Å²) >= 11 is 0. The number of nitrogens with one attached hydrogen (secondary N) is 1. The number of anilines is 1. The fourth-order valence-corrected chi connectivity index (χ4v) is 4.16. The molecule has 27 heavy (non-hydrogen) atoms. The van der Waals surface area contributed by atoms with Crippen LogP contribution in [0.2, 0.25) is 0 Å². The lowest BCUT2D eigenvalue weighted by Gasteiger charge is -2.24. The van der Waals surface area contributed by atoms with Gasteiger partial charge in [0.15, 0.2) is 9.84 Å². The molecule has 0 fully saturated rings. The van der Waals surface area contributed by atoms with Crippen molar-refractivity contribution in [1.29, 1.82) is 0 Å². The van der Waals surface area contributed by atoms with Crippen LogP contribution in [0.25, 0.3) is 10.8 Å². The van der Waals surface area contributed by atoms with Crippen LogP contribution in [0.1, 0.15) is 13.8 Å².